The number of carbonyl (C=O) groups is 2. The summed E-state index contributed by atoms with van der Waals surface area (Å²) in [6.45, 7) is 1.33. The Morgan fingerprint density at radius 1 is 1.24 bits per heavy atom. The summed E-state index contributed by atoms with van der Waals surface area (Å²) in [5, 5.41) is 6.62. The van der Waals surface area contributed by atoms with Crippen molar-refractivity contribution in [1.29, 1.82) is 0 Å². The zero-order chi connectivity index (χ0) is 20.4. The molecule has 4 N–H and O–H groups in total. The molecule has 2 amide bonds. The summed E-state index contributed by atoms with van der Waals surface area (Å²) in [5.74, 6) is 0.157. The van der Waals surface area contributed by atoms with Gasteiger partial charge in [-0.2, -0.15) is 0 Å². The minimum atomic E-state index is -0.179. The highest BCUT2D eigenvalue weighted by atomic mass is 16.5. The van der Waals surface area contributed by atoms with Crippen molar-refractivity contribution in [3.63, 3.8) is 0 Å². The van der Waals surface area contributed by atoms with E-state index in [1.54, 1.807) is 7.11 Å². The topological polar surface area (TPSA) is 96.7 Å². The van der Waals surface area contributed by atoms with Gasteiger partial charge in [0.25, 0.3) is 0 Å². The average Bonchev–Trinajstić information content (AvgIpc) is 3.19. The maximum absolute atomic E-state index is 13.7. The van der Waals surface area contributed by atoms with Gasteiger partial charge in [0.1, 0.15) is 0 Å². The van der Waals surface area contributed by atoms with E-state index >= 15 is 0 Å². The van der Waals surface area contributed by atoms with Crippen molar-refractivity contribution in [2.75, 3.05) is 32.1 Å². The number of benzene rings is 1. The van der Waals surface area contributed by atoms with E-state index in [0.717, 1.165) is 44.3 Å². The maximum atomic E-state index is 13.7. The van der Waals surface area contributed by atoms with Gasteiger partial charge in [-0.1, -0.05) is 31.0 Å². The van der Waals surface area contributed by atoms with Crippen molar-refractivity contribution < 1.29 is 14.3 Å². The van der Waals surface area contributed by atoms with Gasteiger partial charge in [0.15, 0.2) is 0 Å². The van der Waals surface area contributed by atoms with Gasteiger partial charge in [-0.05, 0) is 30.9 Å². The Balaban J connectivity index is 1.60. The standard InChI is InChI=1S/C22H32N4O3/c1-29-13-19-15-10-11-26(21(15)14-6-2-4-8-17(14)24-19)22(28)16-7-3-5-9-18(16)25-20(27)12-23/h2,4,6,8,15-16,18-19,21,24H,3,5,7,9-13,23H2,1H3,(H,25,27)/t15-,16+,18-,19+,21+/m1/s1. The number of nitrogens with one attached hydrogen (secondary N) is 2. The van der Waals surface area contributed by atoms with Crippen LogP contribution in [0, 0.1) is 11.8 Å². The number of anilines is 1. The zero-order valence-electron chi connectivity index (χ0n) is 17.1. The van der Waals surface area contributed by atoms with E-state index < -0.39 is 0 Å². The molecule has 2 fully saturated rings. The van der Waals surface area contributed by atoms with Gasteiger partial charge in [0.05, 0.1) is 31.2 Å². The third-order valence-electron chi connectivity index (χ3n) is 6.83. The summed E-state index contributed by atoms with van der Waals surface area (Å²) in [7, 11) is 1.72. The highest BCUT2D eigenvalue weighted by Crippen LogP contribution is 2.47. The molecule has 29 heavy (non-hydrogen) atoms. The first-order valence-corrected chi connectivity index (χ1v) is 10.8. The summed E-state index contributed by atoms with van der Waals surface area (Å²) in [4.78, 5) is 27.7. The zero-order valence-corrected chi connectivity index (χ0v) is 17.1. The SMILES string of the molecule is COC[C@@H]1Nc2ccccc2[C@H]2[C@@H]1CCN2C(=O)[C@H]1CCCC[C@H]1NC(=O)CN. The summed E-state index contributed by atoms with van der Waals surface area (Å²) in [6.07, 6.45) is 4.68. The number of fused-ring (bicyclic) bond motifs is 3. The molecule has 2 aliphatic heterocycles. The van der Waals surface area contributed by atoms with Gasteiger partial charge < -0.3 is 26.0 Å². The van der Waals surface area contributed by atoms with Gasteiger partial charge in [-0.15, -0.1) is 0 Å². The third-order valence-corrected chi connectivity index (χ3v) is 6.83. The first kappa shape index (κ1) is 20.2. The Hall–Kier alpha value is -2.12. The molecule has 1 aliphatic carbocycles. The lowest BCUT2D eigenvalue weighted by Gasteiger charge is -2.41. The lowest BCUT2D eigenvalue weighted by molar-refractivity contribution is -0.139. The second-order valence-corrected chi connectivity index (χ2v) is 8.49. The molecule has 1 aromatic rings. The predicted octanol–water partition coefficient (Wildman–Crippen LogP) is 1.65. The molecule has 0 radical (unpaired) electrons. The summed E-state index contributed by atoms with van der Waals surface area (Å²) in [6, 6.07) is 8.42. The van der Waals surface area contributed by atoms with Gasteiger partial charge in [-0.25, -0.2) is 0 Å². The van der Waals surface area contributed by atoms with Crippen molar-refractivity contribution >= 4 is 17.5 Å². The molecule has 0 unspecified atom stereocenters. The third kappa shape index (κ3) is 3.85. The van der Waals surface area contributed by atoms with E-state index in [2.05, 4.69) is 27.7 Å². The molecule has 1 aromatic carbocycles. The molecule has 0 bridgehead atoms. The van der Waals surface area contributed by atoms with Crippen molar-refractivity contribution in [3.8, 4) is 0 Å². The Morgan fingerprint density at radius 3 is 2.83 bits per heavy atom. The Labute approximate surface area is 172 Å². The van der Waals surface area contributed by atoms with Crippen LogP contribution in [0.1, 0.15) is 43.7 Å². The van der Waals surface area contributed by atoms with Crippen LogP contribution in [0.4, 0.5) is 5.69 Å². The number of rotatable bonds is 5. The number of ether oxygens (including phenoxy) is 1. The van der Waals surface area contributed by atoms with Gasteiger partial charge in [0, 0.05) is 31.3 Å². The fourth-order valence-electron chi connectivity index (χ4n) is 5.50. The molecular formula is C22H32N4O3. The van der Waals surface area contributed by atoms with E-state index in [-0.39, 0.29) is 42.4 Å². The van der Waals surface area contributed by atoms with Gasteiger partial charge in [0.2, 0.25) is 11.8 Å². The Morgan fingerprint density at radius 2 is 2.03 bits per heavy atom. The number of nitrogens with two attached hydrogens (primary N) is 1. The molecule has 0 spiro atoms. The van der Waals surface area contributed by atoms with Crippen LogP contribution in [0.3, 0.4) is 0 Å². The molecule has 3 aliphatic rings. The molecular weight excluding hydrogens is 368 g/mol. The molecule has 7 heteroatoms. The minimum Gasteiger partial charge on any atom is -0.383 e. The van der Waals surface area contributed by atoms with Crippen molar-refractivity contribution in [3.05, 3.63) is 29.8 Å². The van der Waals surface area contributed by atoms with Gasteiger partial charge >= 0.3 is 0 Å². The fourth-order valence-corrected chi connectivity index (χ4v) is 5.50. The number of carbonyl (C=O) groups excluding carboxylic acids is 2. The highest BCUT2D eigenvalue weighted by Gasteiger charge is 2.48. The van der Waals surface area contributed by atoms with E-state index in [0.29, 0.717) is 12.5 Å². The van der Waals surface area contributed by atoms with Crippen LogP contribution in [-0.2, 0) is 14.3 Å². The molecule has 2 heterocycles. The Kier molecular flexibility index (Phi) is 6.06. The smallest absolute Gasteiger partial charge is 0.233 e. The van der Waals surface area contributed by atoms with E-state index in [4.69, 9.17) is 10.5 Å². The lowest BCUT2D eigenvalue weighted by atomic mass is 9.81. The number of nitrogens with zero attached hydrogens (tertiary/aromatic N) is 1. The van der Waals surface area contributed by atoms with E-state index in [9.17, 15) is 9.59 Å². The molecule has 4 rings (SSSR count). The van der Waals surface area contributed by atoms with Gasteiger partial charge in [-0.3, -0.25) is 9.59 Å². The normalized spacial score (nSPS) is 30.8. The number of likely N-dealkylation sites (tertiary alicyclic amines) is 1. The minimum absolute atomic E-state index is 0.0381. The second-order valence-electron chi connectivity index (χ2n) is 8.49. The van der Waals surface area contributed by atoms with Crippen LogP contribution in [0.5, 0.6) is 0 Å². The van der Waals surface area contributed by atoms with Crippen molar-refractivity contribution in [2.45, 2.75) is 50.2 Å². The van der Waals surface area contributed by atoms with Crippen molar-refractivity contribution in [1.82, 2.24) is 10.2 Å². The molecule has 0 aromatic heterocycles. The van der Waals surface area contributed by atoms with E-state index in [1.165, 1.54) is 5.56 Å². The highest BCUT2D eigenvalue weighted by molar-refractivity contribution is 5.83. The lowest BCUT2D eigenvalue weighted by Crippen LogP contribution is -2.51. The molecule has 7 nitrogen and oxygen atoms in total. The quantitative estimate of drug-likeness (QED) is 0.698. The van der Waals surface area contributed by atoms with Crippen LogP contribution in [-0.4, -0.2) is 55.6 Å². The molecule has 158 valence electrons. The van der Waals surface area contributed by atoms with Crippen LogP contribution in [0.15, 0.2) is 24.3 Å². The molecule has 5 atom stereocenters. The van der Waals surface area contributed by atoms with Crippen LogP contribution in [0.25, 0.3) is 0 Å². The molecule has 1 saturated heterocycles. The average molecular weight is 401 g/mol. The molecule has 1 saturated carbocycles. The Bertz CT molecular complexity index is 755. The van der Waals surface area contributed by atoms with Crippen LogP contribution < -0.4 is 16.4 Å². The monoisotopic (exact) mass is 400 g/mol. The van der Waals surface area contributed by atoms with Crippen molar-refractivity contribution in [2.24, 2.45) is 17.6 Å². The largest absolute Gasteiger partial charge is 0.383 e. The van der Waals surface area contributed by atoms with E-state index in [1.807, 2.05) is 12.1 Å². The number of hydrogen-bond acceptors (Lipinski definition) is 5. The fraction of sp³-hybridized carbons (Fsp3) is 0.636. The van der Waals surface area contributed by atoms with Crippen LogP contribution in [0.2, 0.25) is 0 Å². The maximum Gasteiger partial charge on any atom is 0.233 e. The first-order valence-electron chi connectivity index (χ1n) is 10.8. The number of hydrogen-bond donors (Lipinski definition) is 3. The predicted molar refractivity (Wildman–Crippen MR) is 111 cm³/mol. The first-order chi connectivity index (χ1) is 14.1. The van der Waals surface area contributed by atoms with Crippen LogP contribution >= 0.6 is 0 Å². The summed E-state index contributed by atoms with van der Waals surface area (Å²) >= 11 is 0. The second kappa shape index (κ2) is 8.71. The summed E-state index contributed by atoms with van der Waals surface area (Å²) in [5.41, 5.74) is 7.77. The number of methoxy groups -OCH3 is 1. The summed E-state index contributed by atoms with van der Waals surface area (Å²) < 4.78 is 5.46. The number of para-hydroxylation sites is 1. The number of amides is 2.